The van der Waals surface area contributed by atoms with Crippen LogP contribution in [0, 0.1) is 5.92 Å². The Morgan fingerprint density at radius 1 is 1.40 bits per heavy atom. The quantitative estimate of drug-likeness (QED) is 0.692. The van der Waals surface area contributed by atoms with E-state index in [0.29, 0.717) is 17.9 Å². The minimum absolute atomic E-state index is 0.219. The predicted octanol–water partition coefficient (Wildman–Crippen LogP) is 1.46. The maximum atomic E-state index is 11.4. The number of Topliss-reactive ketones (excluding diaryl/α,β-unsaturated/α-hetero) is 1. The first-order valence-corrected chi connectivity index (χ1v) is 6.02. The van der Waals surface area contributed by atoms with Crippen LogP contribution in [0.5, 0.6) is 0 Å². The summed E-state index contributed by atoms with van der Waals surface area (Å²) in [7, 11) is 1.81. The van der Waals surface area contributed by atoms with Gasteiger partial charge in [0, 0.05) is 38.6 Å². The highest BCUT2D eigenvalue weighted by atomic mass is 16.5. The largest absolute Gasteiger partial charge is 0.380 e. The Morgan fingerprint density at radius 2 is 2.20 bits per heavy atom. The van der Waals surface area contributed by atoms with Gasteiger partial charge in [0.1, 0.15) is 5.78 Å². The van der Waals surface area contributed by atoms with Crippen LogP contribution in [0.1, 0.15) is 32.6 Å². The molecule has 86 valence electrons. The minimum Gasteiger partial charge on any atom is -0.380 e. The summed E-state index contributed by atoms with van der Waals surface area (Å²) in [6.07, 6.45) is 4.81. The lowest BCUT2D eigenvalue weighted by molar-refractivity contribution is -0.127. The molecule has 0 aromatic carbocycles. The molecule has 2 fully saturated rings. The maximum absolute atomic E-state index is 11.4. The van der Waals surface area contributed by atoms with E-state index < -0.39 is 0 Å². The number of methoxy groups -OCH3 is 1. The van der Waals surface area contributed by atoms with Crippen molar-refractivity contribution in [1.29, 1.82) is 0 Å². The SMILES string of the molecule is COC1CCCC1N1CCC(=O)C(C)C1. The average molecular weight is 211 g/mol. The number of rotatable bonds is 2. The van der Waals surface area contributed by atoms with Crippen molar-refractivity contribution in [3.8, 4) is 0 Å². The number of carbonyl (C=O) groups is 1. The van der Waals surface area contributed by atoms with Crippen LogP contribution < -0.4 is 0 Å². The molecule has 1 saturated carbocycles. The normalized spacial score (nSPS) is 38.5. The second-order valence-electron chi connectivity index (χ2n) is 4.88. The van der Waals surface area contributed by atoms with Crippen molar-refractivity contribution < 1.29 is 9.53 Å². The summed E-state index contributed by atoms with van der Waals surface area (Å²) in [5, 5.41) is 0. The number of nitrogens with zero attached hydrogens (tertiary/aromatic N) is 1. The third kappa shape index (κ3) is 2.23. The van der Waals surface area contributed by atoms with Crippen LogP contribution in [-0.2, 0) is 9.53 Å². The lowest BCUT2D eigenvalue weighted by atomic mass is 9.96. The Morgan fingerprint density at radius 3 is 2.87 bits per heavy atom. The summed E-state index contributed by atoms with van der Waals surface area (Å²) in [6.45, 7) is 3.92. The van der Waals surface area contributed by atoms with Crippen LogP contribution in [0.2, 0.25) is 0 Å². The molecule has 2 rings (SSSR count). The third-order valence-corrected chi connectivity index (χ3v) is 3.89. The van der Waals surface area contributed by atoms with E-state index in [1.54, 1.807) is 0 Å². The van der Waals surface area contributed by atoms with Crippen LogP contribution in [-0.4, -0.2) is 43.0 Å². The molecule has 0 spiro atoms. The van der Waals surface area contributed by atoms with Crippen molar-refractivity contribution in [2.24, 2.45) is 5.92 Å². The number of ketones is 1. The molecule has 3 unspecified atom stereocenters. The topological polar surface area (TPSA) is 29.5 Å². The molecule has 0 aromatic heterocycles. The number of hydrogen-bond acceptors (Lipinski definition) is 3. The number of carbonyl (C=O) groups excluding carboxylic acids is 1. The molecular formula is C12H21NO2. The van der Waals surface area contributed by atoms with E-state index in [-0.39, 0.29) is 5.92 Å². The van der Waals surface area contributed by atoms with E-state index in [1.165, 1.54) is 19.3 Å². The number of hydrogen-bond donors (Lipinski definition) is 0. The highest BCUT2D eigenvalue weighted by Gasteiger charge is 2.35. The summed E-state index contributed by atoms with van der Waals surface area (Å²) >= 11 is 0. The van der Waals surface area contributed by atoms with Gasteiger partial charge in [-0.15, -0.1) is 0 Å². The molecule has 3 atom stereocenters. The maximum Gasteiger partial charge on any atom is 0.138 e. The monoisotopic (exact) mass is 211 g/mol. The molecule has 3 nitrogen and oxygen atoms in total. The Kier molecular flexibility index (Phi) is 3.42. The van der Waals surface area contributed by atoms with E-state index in [4.69, 9.17) is 4.74 Å². The first-order valence-electron chi connectivity index (χ1n) is 6.02. The van der Waals surface area contributed by atoms with Crippen molar-refractivity contribution >= 4 is 5.78 Å². The zero-order chi connectivity index (χ0) is 10.8. The third-order valence-electron chi connectivity index (χ3n) is 3.89. The Hall–Kier alpha value is -0.410. The molecule has 1 heterocycles. The van der Waals surface area contributed by atoms with Crippen molar-refractivity contribution in [3.05, 3.63) is 0 Å². The van der Waals surface area contributed by atoms with Gasteiger partial charge in [-0.05, 0) is 19.3 Å². The Bertz CT molecular complexity index is 242. The molecule has 0 aromatic rings. The molecular weight excluding hydrogens is 190 g/mol. The number of ether oxygens (including phenoxy) is 1. The summed E-state index contributed by atoms with van der Waals surface area (Å²) in [5.74, 6) is 0.648. The van der Waals surface area contributed by atoms with Crippen molar-refractivity contribution in [3.63, 3.8) is 0 Å². The molecule has 2 aliphatic rings. The summed E-state index contributed by atoms with van der Waals surface area (Å²) in [4.78, 5) is 13.9. The number of piperidine rings is 1. The van der Waals surface area contributed by atoms with Gasteiger partial charge in [-0.1, -0.05) is 6.92 Å². The van der Waals surface area contributed by atoms with Gasteiger partial charge in [0.25, 0.3) is 0 Å². The van der Waals surface area contributed by atoms with Crippen molar-refractivity contribution in [2.75, 3.05) is 20.2 Å². The molecule has 1 aliphatic carbocycles. The van der Waals surface area contributed by atoms with E-state index in [2.05, 4.69) is 4.90 Å². The zero-order valence-corrected chi connectivity index (χ0v) is 9.74. The number of likely N-dealkylation sites (tertiary alicyclic amines) is 1. The van der Waals surface area contributed by atoms with Gasteiger partial charge in [0.15, 0.2) is 0 Å². The zero-order valence-electron chi connectivity index (χ0n) is 9.74. The van der Waals surface area contributed by atoms with Gasteiger partial charge >= 0.3 is 0 Å². The fourth-order valence-corrected chi connectivity index (χ4v) is 2.95. The summed E-state index contributed by atoms with van der Waals surface area (Å²) in [6, 6.07) is 0.561. The van der Waals surface area contributed by atoms with Crippen LogP contribution in [0.15, 0.2) is 0 Å². The molecule has 0 amide bonds. The van der Waals surface area contributed by atoms with E-state index in [0.717, 1.165) is 19.5 Å². The lowest BCUT2D eigenvalue weighted by Crippen LogP contribution is -2.48. The molecule has 3 heteroatoms. The molecule has 15 heavy (non-hydrogen) atoms. The minimum atomic E-state index is 0.219. The fourth-order valence-electron chi connectivity index (χ4n) is 2.95. The van der Waals surface area contributed by atoms with Gasteiger partial charge in [-0.2, -0.15) is 0 Å². The standard InChI is InChI=1S/C12H21NO2/c1-9-8-13(7-6-11(9)14)10-4-3-5-12(10)15-2/h9-10,12H,3-8H2,1-2H3. The van der Waals surface area contributed by atoms with Crippen molar-refractivity contribution in [1.82, 2.24) is 4.90 Å². The second-order valence-corrected chi connectivity index (χ2v) is 4.88. The molecule has 0 bridgehead atoms. The molecule has 0 N–H and O–H groups in total. The Labute approximate surface area is 91.8 Å². The van der Waals surface area contributed by atoms with E-state index in [9.17, 15) is 4.79 Å². The highest BCUT2D eigenvalue weighted by molar-refractivity contribution is 5.81. The molecule has 1 aliphatic heterocycles. The average Bonchev–Trinajstić information content (AvgIpc) is 2.70. The summed E-state index contributed by atoms with van der Waals surface area (Å²) in [5.41, 5.74) is 0. The summed E-state index contributed by atoms with van der Waals surface area (Å²) < 4.78 is 5.51. The highest BCUT2D eigenvalue weighted by Crippen LogP contribution is 2.28. The van der Waals surface area contributed by atoms with E-state index in [1.807, 2.05) is 14.0 Å². The first-order chi connectivity index (χ1) is 7.22. The van der Waals surface area contributed by atoms with Gasteiger partial charge < -0.3 is 4.74 Å². The van der Waals surface area contributed by atoms with Gasteiger partial charge in [-0.25, -0.2) is 0 Å². The van der Waals surface area contributed by atoms with Gasteiger partial charge in [0.05, 0.1) is 6.10 Å². The Balaban J connectivity index is 1.96. The van der Waals surface area contributed by atoms with Crippen LogP contribution in [0.4, 0.5) is 0 Å². The van der Waals surface area contributed by atoms with Gasteiger partial charge in [0.2, 0.25) is 0 Å². The molecule has 0 radical (unpaired) electrons. The van der Waals surface area contributed by atoms with Crippen molar-refractivity contribution in [2.45, 2.75) is 44.8 Å². The first kappa shape index (κ1) is 11.1. The molecule has 1 saturated heterocycles. The van der Waals surface area contributed by atoms with E-state index >= 15 is 0 Å². The smallest absolute Gasteiger partial charge is 0.138 e. The van der Waals surface area contributed by atoms with Crippen LogP contribution >= 0.6 is 0 Å². The van der Waals surface area contributed by atoms with Crippen LogP contribution in [0.3, 0.4) is 0 Å². The van der Waals surface area contributed by atoms with Gasteiger partial charge in [-0.3, -0.25) is 9.69 Å². The van der Waals surface area contributed by atoms with Crippen LogP contribution in [0.25, 0.3) is 0 Å². The second kappa shape index (κ2) is 4.62. The predicted molar refractivity (Wildman–Crippen MR) is 58.8 cm³/mol. The lowest BCUT2D eigenvalue weighted by Gasteiger charge is -2.37. The fraction of sp³-hybridized carbons (Fsp3) is 0.917.